The summed E-state index contributed by atoms with van der Waals surface area (Å²) in [6.07, 6.45) is -1.78. The molecule has 3 aromatic rings. The Kier molecular flexibility index (Phi) is 4.82. The van der Waals surface area contributed by atoms with Gasteiger partial charge >= 0.3 is 6.18 Å². The third kappa shape index (κ3) is 3.77. The van der Waals surface area contributed by atoms with Crippen LogP contribution in [0.15, 0.2) is 58.7 Å². The van der Waals surface area contributed by atoms with Crippen LogP contribution in [-0.2, 0) is 6.18 Å². The number of phenolic OH excluding ortho intramolecular Hbond substituents is 1. The van der Waals surface area contributed by atoms with Gasteiger partial charge in [-0.05, 0) is 36.4 Å². The molecular formula is C17H9F5N2OS. The third-order valence-corrected chi connectivity index (χ3v) is 4.35. The molecule has 0 fully saturated rings. The van der Waals surface area contributed by atoms with E-state index in [-0.39, 0.29) is 16.3 Å². The number of nitrogens with zero attached hydrogens (tertiary/aromatic N) is 2. The number of alkyl halides is 3. The van der Waals surface area contributed by atoms with E-state index in [4.69, 9.17) is 0 Å². The molecule has 0 saturated heterocycles. The van der Waals surface area contributed by atoms with Gasteiger partial charge in [-0.3, -0.25) is 4.98 Å². The van der Waals surface area contributed by atoms with Crippen LogP contribution in [0.1, 0.15) is 5.56 Å². The van der Waals surface area contributed by atoms with Gasteiger partial charge in [0.25, 0.3) is 0 Å². The van der Waals surface area contributed by atoms with Crippen LogP contribution >= 0.6 is 11.8 Å². The highest BCUT2D eigenvalue weighted by molar-refractivity contribution is 7.99. The van der Waals surface area contributed by atoms with E-state index >= 15 is 0 Å². The lowest BCUT2D eigenvalue weighted by Crippen LogP contribution is -2.03. The highest BCUT2D eigenvalue weighted by Crippen LogP contribution is 2.36. The Morgan fingerprint density at radius 3 is 2.04 bits per heavy atom. The number of aromatic hydroxyl groups is 1. The van der Waals surface area contributed by atoms with Crippen molar-refractivity contribution < 1.29 is 27.1 Å². The number of hydrogen-bond acceptors (Lipinski definition) is 4. The zero-order chi connectivity index (χ0) is 18.9. The average molecular weight is 384 g/mol. The zero-order valence-corrected chi connectivity index (χ0v) is 13.6. The summed E-state index contributed by atoms with van der Waals surface area (Å²) in [7, 11) is 0. The molecule has 1 heterocycles. The lowest BCUT2D eigenvalue weighted by atomic mass is 10.1. The SMILES string of the molecule is Oc1c(F)cc(-c2nccnc2Sc2ccc(C(F)(F)F)cc2)cc1F. The second-order valence-electron chi connectivity index (χ2n) is 5.12. The Bertz CT molecular complexity index is 922. The van der Waals surface area contributed by atoms with E-state index in [1.165, 1.54) is 24.5 Å². The predicted molar refractivity (Wildman–Crippen MR) is 84.6 cm³/mol. The summed E-state index contributed by atoms with van der Waals surface area (Å²) < 4.78 is 65.0. The smallest absolute Gasteiger partial charge is 0.416 e. The van der Waals surface area contributed by atoms with Crippen LogP contribution in [0.5, 0.6) is 5.75 Å². The number of phenols is 1. The minimum Gasteiger partial charge on any atom is -0.503 e. The van der Waals surface area contributed by atoms with Crippen LogP contribution in [0.25, 0.3) is 11.3 Å². The van der Waals surface area contributed by atoms with Crippen molar-refractivity contribution in [2.45, 2.75) is 16.1 Å². The van der Waals surface area contributed by atoms with E-state index in [0.29, 0.717) is 4.90 Å². The van der Waals surface area contributed by atoms with Crippen molar-refractivity contribution >= 4 is 11.8 Å². The van der Waals surface area contributed by atoms with Gasteiger partial charge in [-0.2, -0.15) is 13.2 Å². The maximum atomic E-state index is 13.6. The standard InChI is InChI=1S/C17H9F5N2OS/c18-12-7-9(8-13(19)15(12)25)14-16(24-6-5-23-14)26-11-3-1-10(2-4-11)17(20,21)22/h1-8,25H. The number of hydrogen-bond donors (Lipinski definition) is 1. The molecule has 0 radical (unpaired) electrons. The molecule has 0 saturated carbocycles. The van der Waals surface area contributed by atoms with Gasteiger partial charge in [0.1, 0.15) is 10.7 Å². The van der Waals surface area contributed by atoms with Crippen LogP contribution < -0.4 is 0 Å². The molecule has 0 atom stereocenters. The van der Waals surface area contributed by atoms with Crippen LogP contribution in [0, 0.1) is 11.6 Å². The van der Waals surface area contributed by atoms with Gasteiger partial charge in [0, 0.05) is 22.9 Å². The molecular weight excluding hydrogens is 375 g/mol. The van der Waals surface area contributed by atoms with Crippen molar-refractivity contribution in [3.8, 4) is 17.0 Å². The summed E-state index contributed by atoms with van der Waals surface area (Å²) in [5, 5.41) is 9.44. The van der Waals surface area contributed by atoms with E-state index < -0.39 is 29.1 Å². The number of benzene rings is 2. The molecule has 3 nitrogen and oxygen atoms in total. The first-order valence-electron chi connectivity index (χ1n) is 7.10. The second kappa shape index (κ2) is 6.91. The molecule has 0 bridgehead atoms. The number of halogens is 5. The zero-order valence-electron chi connectivity index (χ0n) is 12.8. The van der Waals surface area contributed by atoms with Crippen LogP contribution in [-0.4, -0.2) is 15.1 Å². The maximum absolute atomic E-state index is 13.6. The van der Waals surface area contributed by atoms with Gasteiger partial charge in [-0.1, -0.05) is 11.8 Å². The molecule has 0 amide bonds. The van der Waals surface area contributed by atoms with Gasteiger partial charge in [0.2, 0.25) is 0 Å². The van der Waals surface area contributed by atoms with E-state index in [9.17, 15) is 27.1 Å². The van der Waals surface area contributed by atoms with Crippen molar-refractivity contribution in [2.75, 3.05) is 0 Å². The molecule has 1 N–H and O–H groups in total. The van der Waals surface area contributed by atoms with Gasteiger partial charge in [0.05, 0.1) is 5.56 Å². The highest BCUT2D eigenvalue weighted by atomic mass is 32.2. The molecule has 0 unspecified atom stereocenters. The summed E-state index contributed by atoms with van der Waals surface area (Å²) in [6.45, 7) is 0. The van der Waals surface area contributed by atoms with Crippen molar-refractivity contribution in [3.05, 3.63) is 66.0 Å². The minimum atomic E-state index is -4.44. The Balaban J connectivity index is 1.96. The van der Waals surface area contributed by atoms with E-state index in [1.54, 1.807) is 0 Å². The van der Waals surface area contributed by atoms with Crippen molar-refractivity contribution in [1.82, 2.24) is 9.97 Å². The van der Waals surface area contributed by atoms with E-state index in [1.807, 2.05) is 0 Å². The maximum Gasteiger partial charge on any atom is 0.416 e. The first-order valence-corrected chi connectivity index (χ1v) is 7.92. The summed E-state index contributed by atoms with van der Waals surface area (Å²) in [4.78, 5) is 8.55. The van der Waals surface area contributed by atoms with Crippen LogP contribution in [0.2, 0.25) is 0 Å². The van der Waals surface area contributed by atoms with Crippen molar-refractivity contribution in [3.63, 3.8) is 0 Å². The number of aromatic nitrogens is 2. The molecule has 2 aromatic carbocycles. The molecule has 26 heavy (non-hydrogen) atoms. The van der Waals surface area contributed by atoms with Crippen LogP contribution in [0.4, 0.5) is 22.0 Å². The topological polar surface area (TPSA) is 46.0 Å². The molecule has 3 rings (SSSR count). The summed E-state index contributed by atoms with van der Waals surface area (Å²) in [5.41, 5.74) is -0.612. The van der Waals surface area contributed by atoms with E-state index in [0.717, 1.165) is 36.0 Å². The summed E-state index contributed by atoms with van der Waals surface area (Å²) in [6, 6.07) is 6.20. The second-order valence-corrected chi connectivity index (χ2v) is 6.19. The molecule has 0 aliphatic carbocycles. The predicted octanol–water partition coefficient (Wildman–Crippen LogP) is 5.30. The molecule has 0 aliphatic rings. The van der Waals surface area contributed by atoms with Gasteiger partial charge < -0.3 is 5.11 Å². The van der Waals surface area contributed by atoms with E-state index in [2.05, 4.69) is 9.97 Å². The first-order chi connectivity index (χ1) is 12.3. The average Bonchev–Trinajstić information content (AvgIpc) is 2.59. The van der Waals surface area contributed by atoms with Gasteiger partial charge in [-0.25, -0.2) is 13.8 Å². The highest BCUT2D eigenvalue weighted by Gasteiger charge is 2.30. The Hall–Kier alpha value is -2.68. The minimum absolute atomic E-state index is 0.0420. The molecule has 0 aliphatic heterocycles. The summed E-state index contributed by atoms with van der Waals surface area (Å²) in [5.74, 6) is -3.41. The van der Waals surface area contributed by atoms with Gasteiger partial charge in [-0.15, -0.1) is 0 Å². The number of rotatable bonds is 3. The molecule has 9 heteroatoms. The van der Waals surface area contributed by atoms with Crippen molar-refractivity contribution in [2.24, 2.45) is 0 Å². The Morgan fingerprint density at radius 1 is 0.885 bits per heavy atom. The first kappa shape index (κ1) is 18.1. The largest absolute Gasteiger partial charge is 0.503 e. The van der Waals surface area contributed by atoms with Crippen LogP contribution in [0.3, 0.4) is 0 Å². The van der Waals surface area contributed by atoms with Gasteiger partial charge in [0.15, 0.2) is 17.4 Å². The monoisotopic (exact) mass is 384 g/mol. The Labute approximate surface area is 148 Å². The quantitative estimate of drug-likeness (QED) is 0.623. The fourth-order valence-electron chi connectivity index (χ4n) is 2.12. The molecule has 1 aromatic heterocycles. The lowest BCUT2D eigenvalue weighted by molar-refractivity contribution is -0.137. The Morgan fingerprint density at radius 2 is 1.46 bits per heavy atom. The molecule has 0 spiro atoms. The lowest BCUT2D eigenvalue weighted by Gasteiger charge is -2.10. The molecule has 134 valence electrons. The normalized spacial score (nSPS) is 11.6. The van der Waals surface area contributed by atoms with Crippen molar-refractivity contribution in [1.29, 1.82) is 0 Å². The third-order valence-electron chi connectivity index (χ3n) is 3.35. The summed E-state index contributed by atoms with van der Waals surface area (Å²) >= 11 is 0.996. The fraction of sp³-hybridized carbons (Fsp3) is 0.0588. The fourth-order valence-corrected chi connectivity index (χ4v) is 3.00.